The van der Waals surface area contributed by atoms with Gasteiger partial charge in [-0.2, -0.15) is 0 Å². The SMILES string of the molecule is COCC(=O)N(CC(=O)Nc1cc(C)on1)C1CCCCC1. The average Bonchev–Trinajstić information content (AvgIpc) is 2.91. The van der Waals surface area contributed by atoms with Gasteiger partial charge in [-0.25, -0.2) is 0 Å². The zero-order valence-corrected chi connectivity index (χ0v) is 13.1. The van der Waals surface area contributed by atoms with Gasteiger partial charge < -0.3 is 19.5 Å². The maximum Gasteiger partial charge on any atom is 0.249 e. The van der Waals surface area contributed by atoms with Gasteiger partial charge >= 0.3 is 0 Å². The Labute approximate surface area is 130 Å². The highest BCUT2D eigenvalue weighted by Crippen LogP contribution is 2.22. The molecule has 0 aromatic carbocycles. The minimum absolute atomic E-state index is 0.00709. The van der Waals surface area contributed by atoms with Crippen molar-refractivity contribution in [1.29, 1.82) is 0 Å². The number of ether oxygens (including phenoxy) is 1. The molecule has 0 bridgehead atoms. The van der Waals surface area contributed by atoms with Crippen LogP contribution in [0.2, 0.25) is 0 Å². The molecule has 1 aliphatic carbocycles. The topological polar surface area (TPSA) is 84.7 Å². The highest BCUT2D eigenvalue weighted by molar-refractivity contribution is 5.94. The van der Waals surface area contributed by atoms with Crippen molar-refractivity contribution in [1.82, 2.24) is 10.1 Å². The number of methoxy groups -OCH3 is 1. The standard InChI is InChI=1S/C15H23N3O4/c1-11-8-13(17-22-11)16-14(19)9-18(15(20)10-21-2)12-6-4-3-5-7-12/h8,12H,3-7,9-10H2,1-2H3,(H,16,17,19). The molecule has 1 saturated carbocycles. The molecule has 0 atom stereocenters. The summed E-state index contributed by atoms with van der Waals surface area (Å²) in [7, 11) is 1.48. The van der Waals surface area contributed by atoms with Crippen LogP contribution in [0.5, 0.6) is 0 Å². The summed E-state index contributed by atoms with van der Waals surface area (Å²) in [6.45, 7) is 1.75. The van der Waals surface area contributed by atoms with Gasteiger partial charge in [0.2, 0.25) is 11.8 Å². The Morgan fingerprint density at radius 1 is 1.41 bits per heavy atom. The van der Waals surface area contributed by atoms with E-state index in [1.165, 1.54) is 13.5 Å². The van der Waals surface area contributed by atoms with Crippen molar-refractivity contribution in [2.24, 2.45) is 0 Å². The summed E-state index contributed by atoms with van der Waals surface area (Å²) in [6.07, 6.45) is 5.24. The van der Waals surface area contributed by atoms with Gasteiger partial charge in [0.05, 0.1) is 0 Å². The minimum Gasteiger partial charge on any atom is -0.375 e. The highest BCUT2D eigenvalue weighted by atomic mass is 16.5. The maximum absolute atomic E-state index is 12.2. The molecule has 7 nitrogen and oxygen atoms in total. The number of carbonyl (C=O) groups is 2. The Hall–Kier alpha value is -1.89. The van der Waals surface area contributed by atoms with Crippen LogP contribution in [-0.4, -0.2) is 48.2 Å². The number of carbonyl (C=O) groups excluding carboxylic acids is 2. The Kier molecular flexibility index (Phi) is 5.94. The summed E-state index contributed by atoms with van der Waals surface area (Å²) in [5, 5.41) is 6.37. The minimum atomic E-state index is -0.275. The lowest BCUT2D eigenvalue weighted by atomic mass is 9.94. The molecule has 0 radical (unpaired) electrons. The number of nitrogens with one attached hydrogen (secondary N) is 1. The largest absolute Gasteiger partial charge is 0.375 e. The second-order valence-electron chi connectivity index (χ2n) is 5.62. The summed E-state index contributed by atoms with van der Waals surface area (Å²) < 4.78 is 9.84. The van der Waals surface area contributed by atoms with Gasteiger partial charge in [-0.05, 0) is 19.8 Å². The number of anilines is 1. The number of aromatic nitrogens is 1. The first kappa shape index (κ1) is 16.5. The van der Waals surface area contributed by atoms with Crippen LogP contribution in [0.15, 0.2) is 10.6 Å². The molecule has 7 heteroatoms. The smallest absolute Gasteiger partial charge is 0.249 e. The lowest BCUT2D eigenvalue weighted by molar-refractivity contribution is -0.141. The predicted octanol–water partition coefficient (Wildman–Crippen LogP) is 1.73. The molecule has 122 valence electrons. The molecule has 1 aromatic heterocycles. The first-order valence-corrected chi connectivity index (χ1v) is 7.61. The summed E-state index contributed by atoms with van der Waals surface area (Å²) >= 11 is 0. The molecule has 0 spiro atoms. The molecule has 2 rings (SSSR count). The molecule has 2 amide bonds. The molecule has 0 unspecified atom stereocenters. The van der Waals surface area contributed by atoms with E-state index in [2.05, 4.69) is 10.5 Å². The van der Waals surface area contributed by atoms with Crippen LogP contribution in [0.3, 0.4) is 0 Å². The van der Waals surface area contributed by atoms with E-state index in [0.717, 1.165) is 25.7 Å². The van der Waals surface area contributed by atoms with E-state index >= 15 is 0 Å². The Balaban J connectivity index is 1.98. The number of hydrogen-bond donors (Lipinski definition) is 1. The van der Waals surface area contributed by atoms with Crippen LogP contribution >= 0.6 is 0 Å². The third-order valence-corrected chi connectivity index (χ3v) is 3.81. The van der Waals surface area contributed by atoms with Crippen LogP contribution in [-0.2, 0) is 14.3 Å². The van der Waals surface area contributed by atoms with Gasteiger partial charge in [-0.15, -0.1) is 0 Å². The van der Waals surface area contributed by atoms with Crippen LogP contribution in [0, 0.1) is 6.92 Å². The number of amides is 2. The molecular formula is C15H23N3O4. The van der Waals surface area contributed by atoms with Crippen molar-refractivity contribution in [3.8, 4) is 0 Å². The van der Waals surface area contributed by atoms with E-state index in [1.54, 1.807) is 17.9 Å². The second-order valence-corrected chi connectivity index (χ2v) is 5.62. The molecular weight excluding hydrogens is 286 g/mol. The molecule has 0 saturated heterocycles. The van der Waals surface area contributed by atoms with Crippen molar-refractivity contribution >= 4 is 17.6 Å². The Bertz CT molecular complexity index is 509. The summed E-state index contributed by atoms with van der Waals surface area (Å²) in [4.78, 5) is 26.0. The maximum atomic E-state index is 12.2. The van der Waals surface area contributed by atoms with E-state index < -0.39 is 0 Å². The first-order valence-electron chi connectivity index (χ1n) is 7.61. The van der Waals surface area contributed by atoms with Crippen LogP contribution in [0.25, 0.3) is 0 Å². The molecule has 1 fully saturated rings. The fourth-order valence-corrected chi connectivity index (χ4v) is 2.78. The van der Waals surface area contributed by atoms with Gasteiger partial charge in [-0.1, -0.05) is 24.4 Å². The normalized spacial score (nSPS) is 15.5. The monoisotopic (exact) mass is 309 g/mol. The van der Waals surface area contributed by atoms with Gasteiger partial charge in [0, 0.05) is 19.2 Å². The molecule has 1 N–H and O–H groups in total. The molecule has 1 aliphatic rings. The van der Waals surface area contributed by atoms with Crippen molar-refractivity contribution in [2.75, 3.05) is 25.6 Å². The Morgan fingerprint density at radius 3 is 2.73 bits per heavy atom. The zero-order valence-electron chi connectivity index (χ0n) is 13.1. The quantitative estimate of drug-likeness (QED) is 0.865. The molecule has 1 aromatic rings. The average molecular weight is 309 g/mol. The third kappa shape index (κ3) is 4.56. The van der Waals surface area contributed by atoms with Crippen LogP contribution in [0.4, 0.5) is 5.82 Å². The lowest BCUT2D eigenvalue weighted by Gasteiger charge is -2.33. The van der Waals surface area contributed by atoms with E-state index in [0.29, 0.717) is 11.6 Å². The third-order valence-electron chi connectivity index (χ3n) is 3.81. The molecule has 22 heavy (non-hydrogen) atoms. The van der Waals surface area contributed by atoms with E-state index in [9.17, 15) is 9.59 Å². The summed E-state index contributed by atoms with van der Waals surface area (Å²) in [6, 6.07) is 1.75. The van der Waals surface area contributed by atoms with E-state index in [-0.39, 0.29) is 31.0 Å². The van der Waals surface area contributed by atoms with Gasteiger partial charge in [-0.3, -0.25) is 9.59 Å². The highest BCUT2D eigenvalue weighted by Gasteiger charge is 2.27. The van der Waals surface area contributed by atoms with Crippen molar-refractivity contribution in [3.05, 3.63) is 11.8 Å². The van der Waals surface area contributed by atoms with Crippen molar-refractivity contribution in [2.45, 2.75) is 45.1 Å². The van der Waals surface area contributed by atoms with Crippen molar-refractivity contribution in [3.63, 3.8) is 0 Å². The van der Waals surface area contributed by atoms with Crippen LogP contribution < -0.4 is 5.32 Å². The summed E-state index contributed by atoms with van der Waals surface area (Å²) in [5.74, 6) is 0.560. The predicted molar refractivity (Wildman–Crippen MR) is 80.3 cm³/mol. The number of hydrogen-bond acceptors (Lipinski definition) is 5. The van der Waals surface area contributed by atoms with E-state index in [4.69, 9.17) is 9.26 Å². The number of rotatable bonds is 6. The summed E-state index contributed by atoms with van der Waals surface area (Å²) in [5.41, 5.74) is 0. The molecule has 0 aliphatic heterocycles. The fourth-order valence-electron chi connectivity index (χ4n) is 2.78. The second kappa shape index (κ2) is 7.93. The van der Waals surface area contributed by atoms with E-state index in [1.807, 2.05) is 0 Å². The zero-order chi connectivity index (χ0) is 15.9. The van der Waals surface area contributed by atoms with Crippen molar-refractivity contribution < 1.29 is 18.8 Å². The van der Waals surface area contributed by atoms with Gasteiger partial charge in [0.25, 0.3) is 0 Å². The van der Waals surface area contributed by atoms with Gasteiger partial charge in [0.1, 0.15) is 18.9 Å². The number of aryl methyl sites for hydroxylation is 1. The fraction of sp³-hybridized carbons (Fsp3) is 0.667. The Morgan fingerprint density at radius 2 is 2.14 bits per heavy atom. The number of nitrogens with zero attached hydrogens (tertiary/aromatic N) is 2. The lowest BCUT2D eigenvalue weighted by Crippen LogP contribution is -2.47. The van der Waals surface area contributed by atoms with Crippen LogP contribution in [0.1, 0.15) is 37.9 Å². The first-order chi connectivity index (χ1) is 10.6. The molecule has 1 heterocycles. The van der Waals surface area contributed by atoms with Gasteiger partial charge in [0.15, 0.2) is 5.82 Å².